The largest absolute Gasteiger partial charge is 0.394 e. The Labute approximate surface area is 433 Å². The number of aliphatic hydroxyl groups is 9. The van der Waals surface area contributed by atoms with Crippen LogP contribution in [0.15, 0.2) is 0 Å². The predicted molar refractivity (Wildman–Crippen MR) is 278 cm³/mol. The molecule has 0 aromatic heterocycles. The second-order valence-electron chi connectivity index (χ2n) is 21.6. The van der Waals surface area contributed by atoms with Gasteiger partial charge >= 0.3 is 0 Å². The van der Waals surface area contributed by atoms with Crippen LogP contribution in [-0.2, 0) is 28.5 Å². The minimum absolute atomic E-state index is 0.202. The quantitative estimate of drug-likeness (QED) is 0.0308. The van der Waals surface area contributed by atoms with Gasteiger partial charge in [-0.25, -0.2) is 0 Å². The van der Waals surface area contributed by atoms with Gasteiger partial charge in [0.05, 0.1) is 32.0 Å². The number of amides is 2. The lowest BCUT2D eigenvalue weighted by Gasteiger charge is -2.47. The molecule has 426 valence electrons. The molecular weight excluding hydrogens is 929 g/mol. The molecule has 0 radical (unpaired) electrons. The van der Waals surface area contributed by atoms with Crippen molar-refractivity contribution in [2.75, 3.05) is 19.8 Å². The molecule has 11 N–H and O–H groups in total. The maximum absolute atomic E-state index is 13.4. The molecule has 2 heterocycles. The van der Waals surface area contributed by atoms with Gasteiger partial charge in [-0.1, -0.05) is 207 Å². The molecule has 2 rings (SSSR count). The Morgan fingerprint density at radius 2 is 0.972 bits per heavy atom. The summed E-state index contributed by atoms with van der Waals surface area (Å²) in [6, 6.07) is -2.67. The van der Waals surface area contributed by atoms with Crippen molar-refractivity contribution in [1.82, 2.24) is 10.6 Å². The summed E-state index contributed by atoms with van der Waals surface area (Å²) in [5.74, 6) is -0.627. The minimum atomic E-state index is -1.86. The maximum Gasteiger partial charge on any atom is 0.249 e. The topological polar surface area (TPSA) is 277 Å². The Morgan fingerprint density at radius 3 is 1.42 bits per heavy atom. The molecule has 17 nitrogen and oxygen atoms in total. The number of nitrogens with one attached hydrogen (secondary N) is 2. The number of unbranched alkanes of at least 4 members (excludes halogenated alkanes) is 26. The summed E-state index contributed by atoms with van der Waals surface area (Å²) in [7, 11) is 0. The standard InChI is InChI=1S/C55H106N2O15/c1-5-6-7-8-9-10-11-12-13-14-15-16-17-18-23-26-29-32-35-43(62)53(68)57-41(47(63)42(61)34-31-28-25-22-20-19-21-24-27-30-33-39(2)3)38-69-55-51(67)50(66)52(45(37-59)71-55)72-54-46(56-40(4)60)49(65)48(64)44(36-58)70-54/h39,41-52,54-55,58-59,61-67H,5-38H2,1-4H3,(H,56,60)(H,57,68). The van der Waals surface area contributed by atoms with Gasteiger partial charge in [0.15, 0.2) is 12.6 Å². The summed E-state index contributed by atoms with van der Waals surface area (Å²) in [5.41, 5.74) is 0. The number of carbonyl (C=O) groups is 2. The van der Waals surface area contributed by atoms with Gasteiger partial charge < -0.3 is 75.5 Å². The van der Waals surface area contributed by atoms with E-state index in [0.717, 1.165) is 57.8 Å². The van der Waals surface area contributed by atoms with E-state index < -0.39 is 117 Å². The van der Waals surface area contributed by atoms with Crippen LogP contribution >= 0.6 is 0 Å². The lowest BCUT2D eigenvalue weighted by molar-refractivity contribution is -0.347. The number of hydrogen-bond acceptors (Lipinski definition) is 15. The Balaban J connectivity index is 1.92. The highest BCUT2D eigenvalue weighted by Gasteiger charge is 2.51. The van der Waals surface area contributed by atoms with E-state index in [0.29, 0.717) is 12.8 Å². The summed E-state index contributed by atoms with van der Waals surface area (Å²) >= 11 is 0. The smallest absolute Gasteiger partial charge is 0.249 e. The number of ether oxygens (including phenoxy) is 4. The fourth-order valence-electron chi connectivity index (χ4n) is 9.93. The van der Waals surface area contributed by atoms with Crippen molar-refractivity contribution in [3.8, 4) is 0 Å². The van der Waals surface area contributed by atoms with Gasteiger partial charge in [-0.2, -0.15) is 0 Å². The third-order valence-electron chi connectivity index (χ3n) is 14.6. The molecule has 14 unspecified atom stereocenters. The summed E-state index contributed by atoms with van der Waals surface area (Å²) in [4.78, 5) is 25.4. The zero-order chi connectivity index (χ0) is 53.1. The minimum Gasteiger partial charge on any atom is -0.394 e. The van der Waals surface area contributed by atoms with E-state index in [1.165, 1.54) is 128 Å². The van der Waals surface area contributed by atoms with E-state index in [2.05, 4.69) is 31.4 Å². The molecular formula is C55H106N2O15. The molecule has 72 heavy (non-hydrogen) atoms. The molecule has 17 heteroatoms. The SMILES string of the molecule is CCCCCCCCCCCCCCCCCCCCC(O)C(=O)NC(COC1OC(CO)C(OC2OC(CO)C(O)C(O)C2NC(C)=O)C(O)C1O)C(O)C(O)CCCCCCCCCCCCC(C)C. The zero-order valence-electron chi connectivity index (χ0n) is 45.2. The van der Waals surface area contributed by atoms with Gasteiger partial charge in [-0.05, 0) is 18.8 Å². The summed E-state index contributed by atoms with van der Waals surface area (Å²) in [6.45, 7) is 5.87. The number of carbonyl (C=O) groups excluding carboxylic acids is 2. The van der Waals surface area contributed by atoms with Crippen molar-refractivity contribution < 1.29 is 74.5 Å². The van der Waals surface area contributed by atoms with Gasteiger partial charge in [-0.15, -0.1) is 0 Å². The average molecular weight is 1040 g/mol. The molecule has 0 saturated carbocycles. The van der Waals surface area contributed by atoms with Gasteiger partial charge in [-0.3, -0.25) is 9.59 Å². The van der Waals surface area contributed by atoms with E-state index in [1.54, 1.807) is 0 Å². The van der Waals surface area contributed by atoms with E-state index in [-0.39, 0.29) is 12.8 Å². The highest BCUT2D eigenvalue weighted by molar-refractivity contribution is 5.80. The van der Waals surface area contributed by atoms with Crippen LogP contribution in [-0.4, -0.2) is 163 Å². The van der Waals surface area contributed by atoms with Crippen LogP contribution in [0.25, 0.3) is 0 Å². The van der Waals surface area contributed by atoms with Crippen LogP contribution in [0.5, 0.6) is 0 Å². The van der Waals surface area contributed by atoms with Crippen molar-refractivity contribution in [1.29, 1.82) is 0 Å². The van der Waals surface area contributed by atoms with E-state index in [4.69, 9.17) is 18.9 Å². The first-order valence-corrected chi connectivity index (χ1v) is 28.8. The number of aliphatic hydroxyl groups excluding tert-OH is 9. The highest BCUT2D eigenvalue weighted by Crippen LogP contribution is 2.30. The lowest BCUT2D eigenvalue weighted by atomic mass is 9.95. The molecule has 2 fully saturated rings. The van der Waals surface area contributed by atoms with Crippen molar-refractivity contribution in [2.24, 2.45) is 5.92 Å². The fraction of sp³-hybridized carbons (Fsp3) is 0.964. The van der Waals surface area contributed by atoms with Crippen molar-refractivity contribution >= 4 is 11.8 Å². The molecule has 2 saturated heterocycles. The Morgan fingerprint density at radius 1 is 0.542 bits per heavy atom. The van der Waals surface area contributed by atoms with E-state index >= 15 is 0 Å². The monoisotopic (exact) mass is 1030 g/mol. The fourth-order valence-corrected chi connectivity index (χ4v) is 9.93. The van der Waals surface area contributed by atoms with Crippen LogP contribution in [0.4, 0.5) is 0 Å². The molecule has 14 atom stereocenters. The second-order valence-corrected chi connectivity index (χ2v) is 21.6. The number of rotatable bonds is 44. The van der Waals surface area contributed by atoms with E-state index in [9.17, 15) is 55.5 Å². The Kier molecular flexibility index (Phi) is 37.6. The first-order chi connectivity index (χ1) is 34.7. The van der Waals surface area contributed by atoms with Crippen LogP contribution < -0.4 is 10.6 Å². The predicted octanol–water partition coefficient (Wildman–Crippen LogP) is 6.11. The number of hydrogen-bond donors (Lipinski definition) is 11. The summed E-state index contributed by atoms with van der Waals surface area (Å²) in [5, 5.41) is 102. The van der Waals surface area contributed by atoms with Crippen LogP contribution in [0.1, 0.15) is 227 Å². The molecule has 2 aliphatic heterocycles. The Hall–Kier alpha value is -1.58. The van der Waals surface area contributed by atoms with Gasteiger partial charge in [0.2, 0.25) is 11.8 Å². The first-order valence-electron chi connectivity index (χ1n) is 28.8. The van der Waals surface area contributed by atoms with Crippen molar-refractivity contribution in [2.45, 2.75) is 312 Å². The van der Waals surface area contributed by atoms with Crippen LogP contribution in [0.2, 0.25) is 0 Å². The molecule has 0 spiro atoms. The van der Waals surface area contributed by atoms with Crippen molar-refractivity contribution in [3.63, 3.8) is 0 Å². The summed E-state index contributed by atoms with van der Waals surface area (Å²) in [6.07, 6.45) is 16.0. The molecule has 2 amide bonds. The zero-order valence-corrected chi connectivity index (χ0v) is 45.2. The van der Waals surface area contributed by atoms with Crippen molar-refractivity contribution in [3.05, 3.63) is 0 Å². The normalized spacial score (nSPS) is 26.4. The van der Waals surface area contributed by atoms with Crippen LogP contribution in [0, 0.1) is 5.92 Å². The third kappa shape index (κ3) is 27.5. The average Bonchev–Trinajstić information content (AvgIpc) is 3.35. The summed E-state index contributed by atoms with van der Waals surface area (Å²) < 4.78 is 23.1. The molecule has 0 aliphatic carbocycles. The molecule has 0 aromatic carbocycles. The second kappa shape index (κ2) is 40.6. The molecule has 0 aromatic rings. The lowest BCUT2D eigenvalue weighted by Crippen LogP contribution is -2.67. The molecule has 0 bridgehead atoms. The Bertz CT molecular complexity index is 1330. The van der Waals surface area contributed by atoms with E-state index in [1.807, 2.05) is 0 Å². The van der Waals surface area contributed by atoms with Crippen LogP contribution in [0.3, 0.4) is 0 Å². The highest BCUT2D eigenvalue weighted by atomic mass is 16.7. The van der Waals surface area contributed by atoms with Gasteiger partial charge in [0.1, 0.15) is 61.0 Å². The van der Waals surface area contributed by atoms with Gasteiger partial charge in [0, 0.05) is 6.92 Å². The van der Waals surface area contributed by atoms with Gasteiger partial charge in [0.25, 0.3) is 0 Å². The first kappa shape index (κ1) is 66.5. The third-order valence-corrected chi connectivity index (χ3v) is 14.6. The maximum atomic E-state index is 13.4. The molecule has 2 aliphatic rings.